The van der Waals surface area contributed by atoms with E-state index in [4.69, 9.17) is 0 Å². The molecular formula is C14H28N2O3. The van der Waals surface area contributed by atoms with E-state index in [1.54, 1.807) is 0 Å². The molecule has 1 N–H and O–H groups in total. The number of esters is 1. The second kappa shape index (κ2) is 8.51. The lowest BCUT2D eigenvalue weighted by Crippen LogP contribution is -2.43. The van der Waals surface area contributed by atoms with Gasteiger partial charge in [0.15, 0.2) is 6.10 Å². The van der Waals surface area contributed by atoms with Gasteiger partial charge in [-0.3, -0.25) is 0 Å². The molecule has 19 heavy (non-hydrogen) atoms. The number of aliphatic hydroxyl groups excluding tert-OH is 1. The van der Waals surface area contributed by atoms with Crippen molar-refractivity contribution in [2.75, 3.05) is 46.4 Å². The van der Waals surface area contributed by atoms with Crippen LogP contribution in [0.4, 0.5) is 0 Å². The van der Waals surface area contributed by atoms with Gasteiger partial charge >= 0.3 is 5.97 Å². The lowest BCUT2D eigenvalue weighted by molar-refractivity contribution is -0.154. The van der Waals surface area contributed by atoms with Crippen molar-refractivity contribution in [3.8, 4) is 0 Å². The minimum Gasteiger partial charge on any atom is -0.467 e. The summed E-state index contributed by atoms with van der Waals surface area (Å²) in [4.78, 5) is 16.1. The number of likely N-dealkylation sites (tertiary alicyclic amines) is 1. The highest BCUT2D eigenvalue weighted by atomic mass is 16.5. The maximum absolute atomic E-state index is 11.3. The molecule has 1 aliphatic heterocycles. The summed E-state index contributed by atoms with van der Waals surface area (Å²) < 4.78 is 4.59. The lowest BCUT2D eigenvalue weighted by Gasteiger charge is -2.34. The number of hydrogen-bond donors (Lipinski definition) is 1. The van der Waals surface area contributed by atoms with Gasteiger partial charge in [-0.05, 0) is 44.9 Å². The summed E-state index contributed by atoms with van der Waals surface area (Å²) in [6, 6.07) is 0. The van der Waals surface area contributed by atoms with Crippen LogP contribution in [0.5, 0.6) is 0 Å². The number of likely N-dealkylation sites (N-methyl/N-ethyl adjacent to an activating group) is 1. The van der Waals surface area contributed by atoms with Gasteiger partial charge in [0.2, 0.25) is 0 Å². The molecule has 0 saturated carbocycles. The van der Waals surface area contributed by atoms with Crippen molar-refractivity contribution < 1.29 is 14.6 Å². The zero-order chi connectivity index (χ0) is 14.3. The number of aliphatic hydroxyl groups is 1. The van der Waals surface area contributed by atoms with E-state index >= 15 is 0 Å². The van der Waals surface area contributed by atoms with Crippen molar-refractivity contribution in [1.29, 1.82) is 0 Å². The molecule has 0 bridgehead atoms. The molecule has 5 nitrogen and oxygen atoms in total. The number of piperidine rings is 1. The van der Waals surface area contributed by atoms with Crippen LogP contribution in [0.3, 0.4) is 0 Å². The molecular weight excluding hydrogens is 244 g/mol. The summed E-state index contributed by atoms with van der Waals surface area (Å²) in [6.45, 7) is 10.6. The van der Waals surface area contributed by atoms with E-state index in [1.165, 1.54) is 7.11 Å². The molecule has 0 amide bonds. The lowest BCUT2D eigenvalue weighted by atomic mass is 9.91. The topological polar surface area (TPSA) is 53.0 Å². The largest absolute Gasteiger partial charge is 0.467 e. The standard InChI is InChI=1S/C14H28N2O3/c1-4-15(5-2)10-11-16-8-6-12(7-9-16)13(17)14(18)19-3/h12-13,17H,4-11H2,1-3H3. The van der Waals surface area contributed by atoms with Gasteiger partial charge in [-0.1, -0.05) is 13.8 Å². The first-order valence-corrected chi connectivity index (χ1v) is 7.32. The van der Waals surface area contributed by atoms with Crippen LogP contribution >= 0.6 is 0 Å². The van der Waals surface area contributed by atoms with Crippen LogP contribution in [-0.2, 0) is 9.53 Å². The van der Waals surface area contributed by atoms with Crippen molar-refractivity contribution in [3.05, 3.63) is 0 Å². The van der Waals surface area contributed by atoms with Crippen LogP contribution in [0.15, 0.2) is 0 Å². The highest BCUT2D eigenvalue weighted by molar-refractivity contribution is 5.74. The second-order valence-electron chi connectivity index (χ2n) is 5.17. The Labute approximate surface area is 116 Å². The van der Waals surface area contributed by atoms with E-state index in [2.05, 4.69) is 28.4 Å². The molecule has 1 heterocycles. The molecule has 0 aliphatic carbocycles. The molecule has 0 aromatic rings. The molecule has 0 radical (unpaired) electrons. The normalized spacial score (nSPS) is 19.6. The number of hydrogen-bond acceptors (Lipinski definition) is 5. The summed E-state index contributed by atoms with van der Waals surface area (Å²) in [7, 11) is 1.32. The molecule has 5 heteroatoms. The van der Waals surface area contributed by atoms with Gasteiger partial charge in [-0.15, -0.1) is 0 Å². The van der Waals surface area contributed by atoms with E-state index in [-0.39, 0.29) is 5.92 Å². The van der Waals surface area contributed by atoms with E-state index < -0.39 is 12.1 Å². The van der Waals surface area contributed by atoms with Crippen LogP contribution in [0.2, 0.25) is 0 Å². The molecule has 1 fully saturated rings. The Hall–Kier alpha value is -0.650. The molecule has 0 spiro atoms. The minimum absolute atomic E-state index is 0.0529. The number of carbonyl (C=O) groups is 1. The SMILES string of the molecule is CCN(CC)CCN1CCC(C(O)C(=O)OC)CC1. The zero-order valence-electron chi connectivity index (χ0n) is 12.5. The van der Waals surface area contributed by atoms with Gasteiger partial charge in [0, 0.05) is 13.1 Å². The van der Waals surface area contributed by atoms with Crippen LogP contribution in [0.1, 0.15) is 26.7 Å². The Balaban J connectivity index is 2.27. The smallest absolute Gasteiger partial charge is 0.334 e. The Morgan fingerprint density at radius 3 is 2.42 bits per heavy atom. The van der Waals surface area contributed by atoms with Crippen molar-refractivity contribution in [3.63, 3.8) is 0 Å². The van der Waals surface area contributed by atoms with Crippen LogP contribution < -0.4 is 0 Å². The molecule has 0 aromatic carbocycles. The van der Waals surface area contributed by atoms with E-state index in [0.29, 0.717) is 0 Å². The second-order valence-corrected chi connectivity index (χ2v) is 5.17. The summed E-state index contributed by atoms with van der Waals surface area (Å²) in [6.07, 6.45) is 0.790. The van der Waals surface area contributed by atoms with Crippen LogP contribution in [-0.4, -0.2) is 73.4 Å². The number of nitrogens with zero attached hydrogens (tertiary/aromatic N) is 2. The summed E-state index contributed by atoms with van der Waals surface area (Å²) in [5.41, 5.74) is 0. The van der Waals surface area contributed by atoms with E-state index in [1.807, 2.05) is 0 Å². The Morgan fingerprint density at radius 2 is 1.95 bits per heavy atom. The molecule has 112 valence electrons. The van der Waals surface area contributed by atoms with Crippen molar-refractivity contribution in [2.45, 2.75) is 32.8 Å². The average molecular weight is 272 g/mol. The van der Waals surface area contributed by atoms with Crippen molar-refractivity contribution >= 4 is 5.97 Å². The van der Waals surface area contributed by atoms with Gasteiger partial charge in [0.05, 0.1) is 7.11 Å². The van der Waals surface area contributed by atoms with E-state index in [0.717, 1.165) is 52.1 Å². The molecule has 1 unspecified atom stereocenters. The summed E-state index contributed by atoms with van der Waals surface area (Å²) >= 11 is 0. The predicted octanol–water partition coefficient (Wildman–Crippen LogP) is 0.574. The molecule has 1 rings (SSSR count). The first kappa shape index (κ1) is 16.4. The number of methoxy groups -OCH3 is 1. The Kier molecular flexibility index (Phi) is 7.34. The van der Waals surface area contributed by atoms with Gasteiger partial charge in [-0.25, -0.2) is 4.79 Å². The minimum atomic E-state index is -0.949. The fourth-order valence-corrected chi connectivity index (χ4v) is 2.63. The number of ether oxygens (including phenoxy) is 1. The monoisotopic (exact) mass is 272 g/mol. The fourth-order valence-electron chi connectivity index (χ4n) is 2.63. The van der Waals surface area contributed by atoms with Gasteiger partial charge in [-0.2, -0.15) is 0 Å². The van der Waals surface area contributed by atoms with Crippen LogP contribution in [0, 0.1) is 5.92 Å². The summed E-state index contributed by atoms with van der Waals surface area (Å²) in [5.74, 6) is -0.446. The van der Waals surface area contributed by atoms with Gasteiger partial charge in [0.1, 0.15) is 0 Å². The maximum Gasteiger partial charge on any atom is 0.334 e. The predicted molar refractivity (Wildman–Crippen MR) is 75.0 cm³/mol. The van der Waals surface area contributed by atoms with Crippen molar-refractivity contribution in [1.82, 2.24) is 9.80 Å². The third-order valence-corrected chi connectivity index (χ3v) is 4.15. The molecule has 1 saturated heterocycles. The van der Waals surface area contributed by atoms with Gasteiger partial charge < -0.3 is 19.6 Å². The molecule has 1 aliphatic rings. The summed E-state index contributed by atoms with van der Waals surface area (Å²) in [5, 5.41) is 9.82. The zero-order valence-corrected chi connectivity index (χ0v) is 12.5. The third kappa shape index (κ3) is 5.09. The third-order valence-electron chi connectivity index (χ3n) is 4.15. The van der Waals surface area contributed by atoms with Crippen molar-refractivity contribution in [2.24, 2.45) is 5.92 Å². The average Bonchev–Trinajstić information content (AvgIpc) is 2.47. The quantitative estimate of drug-likeness (QED) is 0.687. The number of rotatable bonds is 7. The highest BCUT2D eigenvalue weighted by Gasteiger charge is 2.30. The fraction of sp³-hybridized carbons (Fsp3) is 0.929. The van der Waals surface area contributed by atoms with Gasteiger partial charge in [0.25, 0.3) is 0 Å². The van der Waals surface area contributed by atoms with Crippen LogP contribution in [0.25, 0.3) is 0 Å². The molecule has 1 atom stereocenters. The first-order valence-electron chi connectivity index (χ1n) is 7.32. The molecule has 0 aromatic heterocycles. The Morgan fingerprint density at radius 1 is 1.37 bits per heavy atom. The first-order chi connectivity index (χ1) is 9.12. The maximum atomic E-state index is 11.3. The highest BCUT2D eigenvalue weighted by Crippen LogP contribution is 2.21. The van der Waals surface area contributed by atoms with E-state index in [9.17, 15) is 9.90 Å². The number of carbonyl (C=O) groups excluding carboxylic acids is 1. The Bertz CT molecular complexity index is 261.